The number of hydrogen-bond donors (Lipinski definition) is 3. The van der Waals surface area contributed by atoms with E-state index in [2.05, 4.69) is 43.7 Å². The smallest absolute Gasteiger partial charge is 0.391 e. The van der Waals surface area contributed by atoms with Crippen LogP contribution in [-0.2, 0) is 13.9 Å². The number of carbonyl (C=O) groups excluding carboxylic acids is 1. The van der Waals surface area contributed by atoms with Gasteiger partial charge in [0.15, 0.2) is 0 Å². The number of aliphatic hydroxyl groups excluding tert-OH is 1. The van der Waals surface area contributed by atoms with Crippen LogP contribution < -0.4 is 5.32 Å². The summed E-state index contributed by atoms with van der Waals surface area (Å²) < 4.78 is 16.6. The van der Waals surface area contributed by atoms with Crippen LogP contribution in [0.15, 0.2) is 0 Å². The van der Waals surface area contributed by atoms with Gasteiger partial charge in [0.05, 0.1) is 18.8 Å². The second kappa shape index (κ2) is 34.4. The molecule has 0 rings (SSSR count). The summed E-state index contributed by atoms with van der Waals surface area (Å²) in [5, 5.41) is 14.8. The van der Waals surface area contributed by atoms with Gasteiger partial charge in [-0.05, 0) is 19.3 Å². The van der Waals surface area contributed by atoms with Crippen molar-refractivity contribution >= 4 is 43.6 Å². The molecular formula is C36H72Br2NO5P. The minimum Gasteiger partial charge on any atom is -0.391 e. The first kappa shape index (κ1) is 45.5. The van der Waals surface area contributed by atoms with Crippen molar-refractivity contribution in [1.82, 2.24) is 5.32 Å². The molecule has 9 heteroatoms. The van der Waals surface area contributed by atoms with Crippen molar-refractivity contribution < 1.29 is 23.9 Å². The highest BCUT2D eigenvalue weighted by Gasteiger charge is 2.25. The number of rotatable bonds is 36. The van der Waals surface area contributed by atoms with Gasteiger partial charge < -0.3 is 15.3 Å². The molecule has 3 atom stereocenters. The lowest BCUT2D eigenvalue weighted by atomic mass is 10.0. The lowest BCUT2D eigenvalue weighted by Gasteiger charge is -2.24. The van der Waals surface area contributed by atoms with Crippen molar-refractivity contribution in [2.45, 2.75) is 212 Å². The monoisotopic (exact) mass is 787 g/mol. The first-order valence-corrected chi connectivity index (χ1v) is 23.7. The highest BCUT2D eigenvalue weighted by molar-refractivity contribution is 9.39. The Morgan fingerprint density at radius 3 is 1.38 bits per heavy atom. The summed E-state index contributed by atoms with van der Waals surface area (Å²) in [5.74, 6) is -0.127. The number of hydrogen-bond acceptors (Lipinski definition) is 4. The molecular weight excluding hydrogens is 717 g/mol. The topological polar surface area (TPSA) is 95.9 Å². The fourth-order valence-electron chi connectivity index (χ4n) is 5.95. The number of alkyl halides is 1. The summed E-state index contributed by atoms with van der Waals surface area (Å²) in [6.07, 6.45) is 31.8. The lowest BCUT2D eigenvalue weighted by Crippen LogP contribution is -2.46. The van der Waals surface area contributed by atoms with Crippen molar-refractivity contribution in [3.63, 3.8) is 0 Å². The molecule has 1 amide bonds. The molecule has 0 radical (unpaired) electrons. The third kappa shape index (κ3) is 35.7. The van der Waals surface area contributed by atoms with Crippen molar-refractivity contribution in [3.8, 4) is 0 Å². The average Bonchev–Trinajstić information content (AvgIpc) is 3.00. The number of unbranched alkanes of at least 4 members (excludes halogenated alkanes) is 26. The van der Waals surface area contributed by atoms with E-state index in [1.165, 1.54) is 141 Å². The standard InChI is InChI=1S/C36H72Br2NO5P/c1-2-3-4-5-6-7-8-12-16-19-22-25-28-31-36(41)39-34(33-44-45(38,42)43)35(40)30-27-24-21-18-15-13-10-9-11-14-17-20-23-26-29-32-37/h34-35,40H,2-33H2,1H3,(H,39,41)(H,42,43)/t34-,35+/m0/s1. The molecule has 0 aromatic heterocycles. The zero-order valence-corrected chi connectivity index (χ0v) is 33.2. The molecule has 1 unspecified atom stereocenters. The summed E-state index contributed by atoms with van der Waals surface area (Å²) in [6, 6.07) is -0.688. The van der Waals surface area contributed by atoms with Gasteiger partial charge in [0.25, 0.3) is 0 Å². The Hall–Kier alpha value is 0.540. The van der Waals surface area contributed by atoms with Crippen LogP contribution in [-0.4, -0.2) is 40.0 Å². The van der Waals surface area contributed by atoms with Crippen LogP contribution in [0.2, 0.25) is 0 Å². The summed E-state index contributed by atoms with van der Waals surface area (Å²) in [6.45, 7) is 2.07. The SMILES string of the molecule is CCCCCCCCCCCCCCCC(=O)N[C@@H](COP(=O)(O)Br)[C@H](O)CCCCCCCCCCCCCCCCCBr. The number of halogens is 2. The Bertz CT molecular complexity index is 682. The molecule has 0 aromatic rings. The number of amides is 1. The van der Waals surface area contributed by atoms with Crippen LogP contribution in [0.3, 0.4) is 0 Å². The molecule has 0 aliphatic carbocycles. The van der Waals surface area contributed by atoms with Crippen LogP contribution in [0.5, 0.6) is 0 Å². The summed E-state index contributed by atoms with van der Waals surface area (Å²) in [4.78, 5) is 22.1. The fraction of sp³-hybridized carbons (Fsp3) is 0.972. The predicted octanol–water partition coefficient (Wildman–Crippen LogP) is 12.5. The van der Waals surface area contributed by atoms with E-state index in [0.29, 0.717) is 12.8 Å². The Labute approximate surface area is 295 Å². The molecule has 0 aliphatic rings. The molecule has 0 bridgehead atoms. The number of aliphatic hydroxyl groups is 1. The average molecular weight is 790 g/mol. The molecule has 3 N–H and O–H groups in total. The van der Waals surface area contributed by atoms with Crippen LogP contribution >= 0.6 is 37.7 Å². The van der Waals surface area contributed by atoms with Gasteiger partial charge >= 0.3 is 6.30 Å². The molecule has 6 nitrogen and oxygen atoms in total. The van der Waals surface area contributed by atoms with Crippen LogP contribution in [0.25, 0.3) is 0 Å². The van der Waals surface area contributed by atoms with E-state index >= 15 is 0 Å². The maximum absolute atomic E-state index is 12.6. The van der Waals surface area contributed by atoms with E-state index in [-0.39, 0.29) is 12.5 Å². The second-order valence-electron chi connectivity index (χ2n) is 13.3. The van der Waals surface area contributed by atoms with Gasteiger partial charge in [-0.25, -0.2) is 4.57 Å². The van der Waals surface area contributed by atoms with E-state index in [1.54, 1.807) is 0 Å². The molecule has 0 spiro atoms. The molecule has 0 aromatic carbocycles. The summed E-state index contributed by atoms with van der Waals surface area (Å²) in [5.41, 5.74) is 0. The van der Waals surface area contributed by atoms with Gasteiger partial charge in [0, 0.05) is 27.2 Å². The molecule has 0 aliphatic heterocycles. The molecule has 0 saturated carbocycles. The minimum atomic E-state index is -3.87. The molecule has 0 heterocycles. The van der Waals surface area contributed by atoms with Gasteiger partial charge in [0.1, 0.15) is 0 Å². The van der Waals surface area contributed by atoms with Crippen molar-refractivity contribution in [1.29, 1.82) is 0 Å². The van der Waals surface area contributed by atoms with E-state index in [0.717, 1.165) is 43.9 Å². The minimum absolute atomic E-state index is 0.127. The summed E-state index contributed by atoms with van der Waals surface area (Å²) >= 11 is 6.14. The van der Waals surface area contributed by atoms with Crippen LogP contribution in [0.4, 0.5) is 0 Å². The molecule has 270 valence electrons. The van der Waals surface area contributed by atoms with E-state index < -0.39 is 18.4 Å². The van der Waals surface area contributed by atoms with Crippen molar-refractivity contribution in [2.75, 3.05) is 11.9 Å². The maximum atomic E-state index is 12.6. The van der Waals surface area contributed by atoms with Crippen LogP contribution in [0, 0.1) is 0 Å². The number of nitrogens with one attached hydrogen (secondary N) is 1. The first-order valence-electron chi connectivity index (χ1n) is 19.0. The van der Waals surface area contributed by atoms with Gasteiger partial charge in [-0.1, -0.05) is 190 Å². The highest BCUT2D eigenvalue weighted by Crippen LogP contribution is 2.50. The van der Waals surface area contributed by atoms with Crippen molar-refractivity contribution in [3.05, 3.63) is 0 Å². The van der Waals surface area contributed by atoms with Gasteiger partial charge in [-0.3, -0.25) is 9.32 Å². The van der Waals surface area contributed by atoms with Crippen LogP contribution in [0.1, 0.15) is 200 Å². The zero-order valence-electron chi connectivity index (χ0n) is 29.1. The normalized spacial score (nSPS) is 14.3. The molecule has 0 saturated heterocycles. The zero-order chi connectivity index (χ0) is 33.3. The Morgan fingerprint density at radius 2 is 1.00 bits per heavy atom. The van der Waals surface area contributed by atoms with Gasteiger partial charge in [0.2, 0.25) is 5.91 Å². The Morgan fingerprint density at radius 1 is 0.644 bits per heavy atom. The molecule has 45 heavy (non-hydrogen) atoms. The Balaban J connectivity index is 3.92. The summed E-state index contributed by atoms with van der Waals surface area (Å²) in [7, 11) is 0. The highest BCUT2D eigenvalue weighted by atomic mass is 79.9. The quantitative estimate of drug-likeness (QED) is 0.0334. The van der Waals surface area contributed by atoms with E-state index in [1.807, 2.05) is 0 Å². The van der Waals surface area contributed by atoms with E-state index in [9.17, 15) is 19.4 Å². The second-order valence-corrected chi connectivity index (χ2v) is 17.9. The maximum Gasteiger partial charge on any atom is 0.393 e. The fourth-order valence-corrected chi connectivity index (χ4v) is 7.05. The molecule has 0 fully saturated rings. The van der Waals surface area contributed by atoms with E-state index in [4.69, 9.17) is 4.52 Å². The largest absolute Gasteiger partial charge is 0.393 e. The first-order chi connectivity index (χ1) is 21.8. The third-order valence-electron chi connectivity index (χ3n) is 8.87. The Kier molecular flexibility index (Phi) is 34.8. The number of carbonyl (C=O) groups is 1. The lowest BCUT2D eigenvalue weighted by molar-refractivity contribution is -0.123. The predicted molar refractivity (Wildman–Crippen MR) is 201 cm³/mol. The third-order valence-corrected chi connectivity index (χ3v) is 10.5. The van der Waals surface area contributed by atoms with Gasteiger partial charge in [-0.2, -0.15) is 0 Å². The van der Waals surface area contributed by atoms with Crippen molar-refractivity contribution in [2.24, 2.45) is 0 Å². The van der Waals surface area contributed by atoms with Gasteiger partial charge in [-0.15, -0.1) is 0 Å².